The van der Waals surface area contributed by atoms with Crippen molar-refractivity contribution in [2.45, 2.75) is 37.6 Å². The van der Waals surface area contributed by atoms with Crippen molar-refractivity contribution < 1.29 is 26.8 Å². The van der Waals surface area contributed by atoms with Crippen molar-refractivity contribution in [1.82, 2.24) is 9.55 Å². The van der Waals surface area contributed by atoms with Gasteiger partial charge in [0, 0.05) is 11.8 Å². The van der Waals surface area contributed by atoms with E-state index >= 15 is 0 Å². The number of H-pyrrole nitrogens is 1. The summed E-state index contributed by atoms with van der Waals surface area (Å²) in [6.07, 6.45) is 0.0306. The average Bonchev–Trinajstić information content (AvgIpc) is 3.20. The number of aromatic amines is 1. The Labute approximate surface area is 172 Å². The first-order valence-corrected chi connectivity index (χ1v) is 11.1. The van der Waals surface area contributed by atoms with E-state index in [-0.39, 0.29) is 19.8 Å². The highest BCUT2D eigenvalue weighted by molar-refractivity contribution is 7.85. The van der Waals surface area contributed by atoms with E-state index in [9.17, 15) is 18.0 Å². The van der Waals surface area contributed by atoms with Crippen molar-refractivity contribution in [3.8, 4) is 0 Å². The molecule has 0 saturated carbocycles. The lowest BCUT2D eigenvalue weighted by atomic mass is 10.00. The van der Waals surface area contributed by atoms with Gasteiger partial charge in [0.25, 0.3) is 15.7 Å². The number of ether oxygens (including phenoxy) is 3. The molecule has 2 aromatic rings. The molecule has 3 heterocycles. The van der Waals surface area contributed by atoms with Crippen molar-refractivity contribution in [2.75, 3.05) is 19.5 Å². The fraction of sp³-hybridized carbons (Fsp3) is 0.474. The Morgan fingerprint density at radius 2 is 2.00 bits per heavy atom. The number of hydrogen-bond donors (Lipinski definition) is 1. The van der Waals surface area contributed by atoms with Crippen LogP contribution in [0.25, 0.3) is 0 Å². The van der Waals surface area contributed by atoms with Gasteiger partial charge in [0.1, 0.15) is 24.4 Å². The summed E-state index contributed by atoms with van der Waals surface area (Å²) >= 11 is 0. The van der Waals surface area contributed by atoms with Crippen LogP contribution in [0.5, 0.6) is 0 Å². The molecule has 11 heteroatoms. The fourth-order valence-corrected chi connectivity index (χ4v) is 4.12. The van der Waals surface area contributed by atoms with Crippen LogP contribution in [0.1, 0.15) is 17.4 Å². The number of benzene rings is 1. The number of nitrogens with zero attached hydrogens (tertiary/aromatic N) is 1. The molecule has 30 heavy (non-hydrogen) atoms. The Morgan fingerprint density at radius 1 is 1.27 bits per heavy atom. The van der Waals surface area contributed by atoms with Crippen LogP contribution in [-0.4, -0.2) is 55.2 Å². The molecule has 1 aromatic heterocycles. The summed E-state index contributed by atoms with van der Waals surface area (Å²) in [5, 5.41) is 0. The van der Waals surface area contributed by atoms with Crippen molar-refractivity contribution in [2.24, 2.45) is 0 Å². The molecule has 1 N–H and O–H groups in total. The van der Waals surface area contributed by atoms with Gasteiger partial charge in [-0.1, -0.05) is 30.3 Å². The molecule has 0 spiro atoms. The van der Waals surface area contributed by atoms with Gasteiger partial charge in [-0.2, -0.15) is 8.42 Å². The minimum Gasteiger partial charge on any atom is -0.367 e. The van der Waals surface area contributed by atoms with Gasteiger partial charge in [0.05, 0.1) is 19.5 Å². The van der Waals surface area contributed by atoms with E-state index in [4.69, 9.17) is 18.4 Å². The third-order valence-electron chi connectivity index (χ3n) is 5.18. The fourth-order valence-electron chi connectivity index (χ4n) is 3.71. The second-order valence-electron chi connectivity index (χ2n) is 7.51. The molecular formula is C19H22N2O8S. The molecule has 10 nitrogen and oxygen atoms in total. The summed E-state index contributed by atoms with van der Waals surface area (Å²) in [5.74, 6) is 0. The van der Waals surface area contributed by atoms with Gasteiger partial charge >= 0.3 is 5.69 Å². The summed E-state index contributed by atoms with van der Waals surface area (Å²) in [4.78, 5) is 26.3. The lowest BCUT2D eigenvalue weighted by molar-refractivity contribution is -0.185. The van der Waals surface area contributed by atoms with E-state index in [0.29, 0.717) is 5.56 Å². The summed E-state index contributed by atoms with van der Waals surface area (Å²) < 4.78 is 47.4. The van der Waals surface area contributed by atoms with Gasteiger partial charge < -0.3 is 14.2 Å². The Morgan fingerprint density at radius 3 is 2.70 bits per heavy atom. The summed E-state index contributed by atoms with van der Waals surface area (Å²) in [5.41, 5.74) is -1.14. The lowest BCUT2D eigenvalue weighted by Gasteiger charge is -2.31. The maximum Gasteiger partial charge on any atom is 0.330 e. The predicted octanol–water partition coefficient (Wildman–Crippen LogP) is 0.0730. The van der Waals surface area contributed by atoms with Crippen molar-refractivity contribution >= 4 is 10.1 Å². The summed E-state index contributed by atoms with van der Waals surface area (Å²) in [7, 11) is -3.74. The second kappa shape index (κ2) is 7.75. The molecule has 2 aliphatic heterocycles. The predicted molar refractivity (Wildman–Crippen MR) is 104 cm³/mol. The Balaban J connectivity index is 1.65. The van der Waals surface area contributed by atoms with Gasteiger partial charge in [-0.15, -0.1) is 0 Å². The minimum absolute atomic E-state index is 0.0419. The van der Waals surface area contributed by atoms with Crippen LogP contribution in [0, 0.1) is 6.92 Å². The molecule has 1 aromatic carbocycles. The molecule has 0 unspecified atom stereocenters. The Hall–Kier alpha value is -2.31. The van der Waals surface area contributed by atoms with E-state index in [2.05, 4.69) is 4.98 Å². The number of hydrogen-bond acceptors (Lipinski definition) is 8. The maximum absolute atomic E-state index is 12.4. The van der Waals surface area contributed by atoms with E-state index in [1.807, 2.05) is 30.3 Å². The Bertz CT molecular complexity index is 1140. The first kappa shape index (κ1) is 20.9. The zero-order valence-electron chi connectivity index (χ0n) is 16.4. The molecule has 2 bridgehead atoms. The standard InChI is InChI=1S/C19H22N2O8S/c1-12-8-21(18(23)20-16(12)22)17-14-15(26-9-13-6-4-3-5-7-13)19(29-17,10-27-14)11-28-30(2,24)25/h3-8,14-15,17H,9-11H2,1-2H3,(H,20,22,23)/t14-,15-,17+,19+/m0/s1. The number of aryl methyl sites for hydroxylation is 1. The lowest BCUT2D eigenvalue weighted by Crippen LogP contribution is -2.47. The quantitative estimate of drug-likeness (QED) is 0.602. The average molecular weight is 438 g/mol. The number of rotatable bonds is 7. The van der Waals surface area contributed by atoms with Crippen LogP contribution < -0.4 is 11.2 Å². The SMILES string of the molecule is Cc1cn([C@@H]2O[C@@]3(COS(C)(=O)=O)CO[C@H]2[C@@H]3OCc2ccccc2)c(=O)[nH]c1=O. The molecule has 2 saturated heterocycles. The van der Waals surface area contributed by atoms with Crippen LogP contribution >= 0.6 is 0 Å². The van der Waals surface area contributed by atoms with Crippen LogP contribution in [0.2, 0.25) is 0 Å². The number of nitrogens with one attached hydrogen (secondary N) is 1. The molecule has 2 aliphatic rings. The van der Waals surface area contributed by atoms with Crippen LogP contribution in [0.4, 0.5) is 0 Å². The van der Waals surface area contributed by atoms with E-state index in [0.717, 1.165) is 11.8 Å². The monoisotopic (exact) mass is 438 g/mol. The van der Waals surface area contributed by atoms with Gasteiger partial charge in [-0.3, -0.25) is 18.5 Å². The number of aromatic nitrogens is 2. The van der Waals surface area contributed by atoms with Gasteiger partial charge in [-0.05, 0) is 12.5 Å². The van der Waals surface area contributed by atoms with E-state index in [1.54, 1.807) is 6.92 Å². The summed E-state index contributed by atoms with van der Waals surface area (Å²) in [6.45, 7) is 1.52. The largest absolute Gasteiger partial charge is 0.367 e. The Kier molecular flexibility index (Phi) is 5.41. The van der Waals surface area contributed by atoms with Crippen LogP contribution in [0.15, 0.2) is 46.1 Å². The molecule has 4 rings (SSSR count). The highest BCUT2D eigenvalue weighted by Crippen LogP contribution is 2.46. The molecule has 0 aliphatic carbocycles. The summed E-state index contributed by atoms with van der Waals surface area (Å²) in [6, 6.07) is 9.43. The van der Waals surface area contributed by atoms with Gasteiger partial charge in [-0.25, -0.2) is 4.79 Å². The van der Waals surface area contributed by atoms with Crippen molar-refractivity contribution in [1.29, 1.82) is 0 Å². The minimum atomic E-state index is -3.74. The highest BCUT2D eigenvalue weighted by Gasteiger charge is 2.63. The first-order valence-electron chi connectivity index (χ1n) is 9.30. The zero-order chi connectivity index (χ0) is 21.5. The maximum atomic E-state index is 12.4. The van der Waals surface area contributed by atoms with Crippen molar-refractivity contribution in [3.63, 3.8) is 0 Å². The molecule has 4 atom stereocenters. The first-order chi connectivity index (χ1) is 14.2. The third kappa shape index (κ3) is 3.98. The zero-order valence-corrected chi connectivity index (χ0v) is 17.3. The number of fused-ring (bicyclic) bond motifs is 2. The molecule has 0 radical (unpaired) electrons. The van der Waals surface area contributed by atoms with Gasteiger partial charge in [0.2, 0.25) is 0 Å². The normalized spacial score (nSPS) is 28.1. The molecule has 0 amide bonds. The van der Waals surface area contributed by atoms with Gasteiger partial charge in [0.15, 0.2) is 6.23 Å². The van der Waals surface area contributed by atoms with E-state index < -0.39 is 45.4 Å². The second-order valence-corrected chi connectivity index (χ2v) is 9.15. The molecular weight excluding hydrogens is 416 g/mol. The highest BCUT2D eigenvalue weighted by atomic mass is 32.2. The van der Waals surface area contributed by atoms with Crippen LogP contribution in [-0.2, 0) is 35.1 Å². The topological polar surface area (TPSA) is 126 Å². The van der Waals surface area contributed by atoms with Crippen LogP contribution in [0.3, 0.4) is 0 Å². The molecule has 162 valence electrons. The van der Waals surface area contributed by atoms with Crippen molar-refractivity contribution in [3.05, 3.63) is 68.5 Å². The van der Waals surface area contributed by atoms with E-state index in [1.165, 1.54) is 10.8 Å². The molecule has 2 fully saturated rings. The third-order valence-corrected chi connectivity index (χ3v) is 5.73. The smallest absolute Gasteiger partial charge is 0.330 e.